The first-order chi connectivity index (χ1) is 13.0. The number of ether oxygens (including phenoxy) is 4. The third kappa shape index (κ3) is 3.38. The molecule has 144 valence electrons. The fourth-order valence-corrected chi connectivity index (χ4v) is 3.42. The van der Waals surface area contributed by atoms with Gasteiger partial charge in [0.05, 0.1) is 13.2 Å². The van der Waals surface area contributed by atoms with Crippen LogP contribution in [0.3, 0.4) is 0 Å². The minimum absolute atomic E-state index is 0.173. The molecule has 0 saturated carbocycles. The average molecular weight is 372 g/mol. The molecule has 1 aliphatic carbocycles. The molecule has 0 amide bonds. The summed E-state index contributed by atoms with van der Waals surface area (Å²) in [5, 5.41) is 11.0. The monoisotopic (exact) mass is 372 g/mol. The second kappa shape index (κ2) is 7.58. The van der Waals surface area contributed by atoms with Crippen molar-refractivity contribution in [3.63, 3.8) is 0 Å². The highest BCUT2D eigenvalue weighted by atomic mass is 16.7. The molecule has 1 heterocycles. The van der Waals surface area contributed by atoms with E-state index >= 15 is 0 Å². The SMILES string of the molecule is C=CC[C@@]1(OC)C=C([C@H](C)[C@H](O)c2ccc3c(c2)OCO3)C(OC)=CC1=O. The molecule has 3 atom stereocenters. The van der Waals surface area contributed by atoms with Crippen LogP contribution < -0.4 is 9.47 Å². The van der Waals surface area contributed by atoms with Gasteiger partial charge in [0.1, 0.15) is 5.76 Å². The summed E-state index contributed by atoms with van der Waals surface area (Å²) in [6.45, 7) is 5.76. The van der Waals surface area contributed by atoms with Crippen molar-refractivity contribution >= 4 is 5.78 Å². The number of hydrogen-bond donors (Lipinski definition) is 1. The van der Waals surface area contributed by atoms with Crippen LogP contribution in [0.15, 0.2) is 54.3 Å². The first-order valence-electron chi connectivity index (χ1n) is 8.72. The minimum Gasteiger partial charge on any atom is -0.496 e. The van der Waals surface area contributed by atoms with Gasteiger partial charge in [-0.15, -0.1) is 6.58 Å². The summed E-state index contributed by atoms with van der Waals surface area (Å²) >= 11 is 0. The summed E-state index contributed by atoms with van der Waals surface area (Å²) in [4.78, 5) is 12.6. The summed E-state index contributed by atoms with van der Waals surface area (Å²) in [6, 6.07) is 5.34. The van der Waals surface area contributed by atoms with Gasteiger partial charge < -0.3 is 24.1 Å². The van der Waals surface area contributed by atoms with E-state index in [1.807, 2.05) is 6.92 Å². The number of carbonyl (C=O) groups excluding carboxylic acids is 1. The van der Waals surface area contributed by atoms with Crippen LogP contribution in [-0.4, -0.2) is 37.5 Å². The van der Waals surface area contributed by atoms with E-state index in [9.17, 15) is 9.90 Å². The molecule has 0 saturated heterocycles. The van der Waals surface area contributed by atoms with Crippen LogP contribution in [-0.2, 0) is 14.3 Å². The van der Waals surface area contributed by atoms with Crippen LogP contribution in [0.2, 0.25) is 0 Å². The molecular formula is C21H24O6. The van der Waals surface area contributed by atoms with Gasteiger partial charge in [0.15, 0.2) is 22.9 Å². The first-order valence-corrected chi connectivity index (χ1v) is 8.72. The van der Waals surface area contributed by atoms with Crippen molar-refractivity contribution in [3.8, 4) is 11.5 Å². The number of ketones is 1. The quantitative estimate of drug-likeness (QED) is 0.742. The number of fused-ring (bicyclic) bond motifs is 1. The molecule has 0 spiro atoms. The number of methoxy groups -OCH3 is 2. The van der Waals surface area contributed by atoms with E-state index in [2.05, 4.69) is 6.58 Å². The van der Waals surface area contributed by atoms with Crippen molar-refractivity contribution in [1.29, 1.82) is 0 Å². The predicted molar refractivity (Wildman–Crippen MR) is 99.4 cm³/mol. The molecule has 0 unspecified atom stereocenters. The Hall–Kier alpha value is -2.57. The zero-order chi connectivity index (χ0) is 19.6. The Morgan fingerprint density at radius 3 is 2.74 bits per heavy atom. The second-order valence-electron chi connectivity index (χ2n) is 6.61. The number of aliphatic hydroxyl groups is 1. The number of hydrogen-bond acceptors (Lipinski definition) is 6. The number of benzene rings is 1. The van der Waals surface area contributed by atoms with Crippen LogP contribution in [0.4, 0.5) is 0 Å². The van der Waals surface area contributed by atoms with Crippen molar-refractivity contribution in [2.45, 2.75) is 25.0 Å². The zero-order valence-corrected chi connectivity index (χ0v) is 15.7. The molecule has 3 rings (SSSR count). The Bertz CT molecular complexity index is 809. The van der Waals surface area contributed by atoms with Gasteiger partial charge in [0, 0.05) is 25.5 Å². The van der Waals surface area contributed by atoms with Crippen LogP contribution in [0.25, 0.3) is 0 Å². The van der Waals surface area contributed by atoms with Crippen LogP contribution >= 0.6 is 0 Å². The fourth-order valence-electron chi connectivity index (χ4n) is 3.42. The first kappa shape index (κ1) is 19.2. The Morgan fingerprint density at radius 1 is 1.33 bits per heavy atom. The standard InChI is InChI=1S/C21H24O6/c1-5-8-21(25-4)11-15(17(24-3)10-19(21)22)13(2)20(23)14-6-7-16-18(9-14)27-12-26-16/h5-7,9-11,13,20,23H,1,8,12H2,2-4H3/t13-,20-,21+/m0/s1. The van der Waals surface area contributed by atoms with E-state index in [-0.39, 0.29) is 18.5 Å². The lowest BCUT2D eigenvalue weighted by Crippen LogP contribution is -2.41. The Morgan fingerprint density at radius 2 is 2.07 bits per heavy atom. The molecule has 1 aromatic carbocycles. The molecule has 0 aromatic heterocycles. The molecule has 1 aromatic rings. The van der Waals surface area contributed by atoms with Crippen molar-refractivity contribution in [2.75, 3.05) is 21.0 Å². The molecule has 27 heavy (non-hydrogen) atoms. The van der Waals surface area contributed by atoms with Crippen molar-refractivity contribution in [2.24, 2.45) is 5.92 Å². The van der Waals surface area contributed by atoms with Gasteiger partial charge in [-0.1, -0.05) is 19.1 Å². The number of rotatable bonds is 7. The predicted octanol–water partition coefficient (Wildman–Crippen LogP) is 3.09. The highest BCUT2D eigenvalue weighted by Crippen LogP contribution is 2.40. The molecule has 0 radical (unpaired) electrons. The largest absolute Gasteiger partial charge is 0.496 e. The van der Waals surface area contributed by atoms with Gasteiger partial charge >= 0.3 is 0 Å². The van der Waals surface area contributed by atoms with Gasteiger partial charge in [-0.3, -0.25) is 4.79 Å². The molecule has 6 nitrogen and oxygen atoms in total. The Labute approximate surface area is 158 Å². The van der Waals surface area contributed by atoms with E-state index < -0.39 is 11.7 Å². The molecule has 1 aliphatic heterocycles. The second-order valence-corrected chi connectivity index (χ2v) is 6.61. The molecule has 0 fully saturated rings. The lowest BCUT2D eigenvalue weighted by Gasteiger charge is -2.33. The van der Waals surface area contributed by atoms with Crippen LogP contribution in [0.5, 0.6) is 11.5 Å². The smallest absolute Gasteiger partial charge is 0.231 e. The van der Waals surface area contributed by atoms with E-state index in [0.29, 0.717) is 34.8 Å². The lowest BCUT2D eigenvalue weighted by atomic mass is 9.80. The van der Waals surface area contributed by atoms with E-state index in [4.69, 9.17) is 18.9 Å². The Balaban J connectivity index is 1.95. The molecule has 0 bridgehead atoms. The third-order valence-electron chi connectivity index (χ3n) is 5.09. The van der Waals surface area contributed by atoms with Gasteiger partial charge in [-0.2, -0.15) is 0 Å². The third-order valence-corrected chi connectivity index (χ3v) is 5.09. The maximum atomic E-state index is 12.6. The van der Waals surface area contributed by atoms with E-state index in [1.165, 1.54) is 20.3 Å². The topological polar surface area (TPSA) is 74.2 Å². The van der Waals surface area contributed by atoms with Gasteiger partial charge in [0.25, 0.3) is 0 Å². The van der Waals surface area contributed by atoms with Gasteiger partial charge in [-0.25, -0.2) is 0 Å². The highest BCUT2D eigenvalue weighted by Gasteiger charge is 2.40. The van der Waals surface area contributed by atoms with E-state index in [0.717, 1.165) is 0 Å². The fraction of sp³-hybridized carbons (Fsp3) is 0.381. The van der Waals surface area contributed by atoms with Crippen LogP contribution in [0, 0.1) is 5.92 Å². The zero-order valence-electron chi connectivity index (χ0n) is 15.7. The maximum Gasteiger partial charge on any atom is 0.231 e. The van der Waals surface area contributed by atoms with Gasteiger partial charge in [-0.05, 0) is 29.3 Å². The molecule has 6 heteroatoms. The van der Waals surface area contributed by atoms with Crippen molar-refractivity contribution in [3.05, 3.63) is 59.9 Å². The Kier molecular flexibility index (Phi) is 5.39. The summed E-state index contributed by atoms with van der Waals surface area (Å²) in [7, 11) is 2.99. The summed E-state index contributed by atoms with van der Waals surface area (Å²) in [6.07, 6.45) is 4.28. The van der Waals surface area contributed by atoms with Gasteiger partial charge in [0.2, 0.25) is 6.79 Å². The van der Waals surface area contributed by atoms with Crippen molar-refractivity contribution in [1.82, 2.24) is 0 Å². The number of allylic oxidation sites excluding steroid dienone is 1. The van der Waals surface area contributed by atoms with Crippen LogP contribution in [0.1, 0.15) is 25.0 Å². The lowest BCUT2D eigenvalue weighted by molar-refractivity contribution is -0.131. The average Bonchev–Trinajstić information content (AvgIpc) is 3.16. The summed E-state index contributed by atoms with van der Waals surface area (Å²) < 4.78 is 21.7. The van der Waals surface area contributed by atoms with E-state index in [1.54, 1.807) is 30.4 Å². The maximum absolute atomic E-state index is 12.6. The minimum atomic E-state index is -1.14. The molecular weight excluding hydrogens is 348 g/mol. The number of carbonyl (C=O) groups is 1. The normalized spacial score (nSPS) is 23.3. The highest BCUT2D eigenvalue weighted by molar-refractivity contribution is 6.01. The van der Waals surface area contributed by atoms with Crippen molar-refractivity contribution < 1.29 is 28.8 Å². The summed E-state index contributed by atoms with van der Waals surface area (Å²) in [5.74, 6) is 1.11. The summed E-state index contributed by atoms with van der Waals surface area (Å²) in [5.41, 5.74) is 0.250. The molecule has 2 aliphatic rings. The number of aliphatic hydroxyl groups excluding tert-OH is 1. The molecule has 1 N–H and O–H groups in total.